The van der Waals surface area contributed by atoms with Gasteiger partial charge in [0.25, 0.3) is 0 Å². The first kappa shape index (κ1) is 13.8. The van der Waals surface area contributed by atoms with Gasteiger partial charge in [-0.05, 0) is 58.4 Å². The van der Waals surface area contributed by atoms with E-state index in [2.05, 4.69) is 26.1 Å². The van der Waals surface area contributed by atoms with Crippen LogP contribution in [-0.2, 0) is 6.42 Å². The van der Waals surface area contributed by atoms with E-state index in [9.17, 15) is 5.11 Å². The second-order valence-electron chi connectivity index (χ2n) is 5.16. The molecule has 3 nitrogen and oxygen atoms in total. The lowest BCUT2D eigenvalue weighted by Crippen LogP contribution is -2.37. The number of aromatic hydroxyl groups is 1. The smallest absolute Gasteiger partial charge is 0.161 e. The van der Waals surface area contributed by atoms with Crippen LogP contribution < -0.4 is 10.1 Å². The van der Waals surface area contributed by atoms with Gasteiger partial charge in [0.2, 0.25) is 0 Å². The minimum atomic E-state index is 0.139. The molecule has 96 valence electrons. The van der Waals surface area contributed by atoms with Gasteiger partial charge in [-0.1, -0.05) is 6.07 Å². The minimum Gasteiger partial charge on any atom is -0.504 e. The molecule has 0 aliphatic rings. The van der Waals surface area contributed by atoms with E-state index in [4.69, 9.17) is 4.74 Å². The third-order valence-electron chi connectivity index (χ3n) is 2.39. The fourth-order valence-electron chi connectivity index (χ4n) is 1.57. The highest BCUT2D eigenvalue weighted by molar-refractivity contribution is 5.41. The molecule has 0 bridgehead atoms. The molecule has 0 aliphatic heterocycles. The first-order chi connectivity index (χ1) is 7.92. The molecule has 0 atom stereocenters. The molecule has 0 aromatic heterocycles. The summed E-state index contributed by atoms with van der Waals surface area (Å²) in [5.41, 5.74) is 1.31. The first-order valence-corrected chi connectivity index (χ1v) is 6.12. The molecule has 2 N–H and O–H groups in total. The summed E-state index contributed by atoms with van der Waals surface area (Å²) in [6, 6.07) is 5.53. The highest BCUT2D eigenvalue weighted by atomic mass is 16.5. The summed E-state index contributed by atoms with van der Waals surface area (Å²) in [5.74, 6) is 0.778. The summed E-state index contributed by atoms with van der Waals surface area (Å²) in [5, 5.41) is 13.0. The van der Waals surface area contributed by atoms with Gasteiger partial charge in [0.05, 0.1) is 6.61 Å². The molecule has 0 aliphatic carbocycles. The lowest BCUT2D eigenvalue weighted by molar-refractivity contribution is 0.317. The highest BCUT2D eigenvalue weighted by Crippen LogP contribution is 2.26. The van der Waals surface area contributed by atoms with Gasteiger partial charge in [-0.2, -0.15) is 0 Å². The average Bonchev–Trinajstić information content (AvgIpc) is 2.21. The van der Waals surface area contributed by atoms with Crippen LogP contribution >= 0.6 is 0 Å². The Kier molecular flexibility index (Phi) is 4.82. The molecule has 0 saturated carbocycles. The maximum absolute atomic E-state index is 9.58. The summed E-state index contributed by atoms with van der Waals surface area (Å²) in [6.07, 6.45) is 0.928. The number of benzene rings is 1. The lowest BCUT2D eigenvalue weighted by Gasteiger charge is -2.20. The zero-order valence-electron chi connectivity index (χ0n) is 11.2. The number of rotatable bonds is 5. The van der Waals surface area contributed by atoms with Crippen LogP contribution in [0.4, 0.5) is 0 Å². The van der Waals surface area contributed by atoms with E-state index >= 15 is 0 Å². The second-order valence-corrected chi connectivity index (χ2v) is 5.16. The van der Waals surface area contributed by atoms with E-state index in [0.29, 0.717) is 12.4 Å². The number of hydrogen-bond acceptors (Lipinski definition) is 3. The molecule has 1 aromatic rings. The molecule has 0 heterocycles. The van der Waals surface area contributed by atoms with Gasteiger partial charge < -0.3 is 15.2 Å². The molecule has 0 unspecified atom stereocenters. The van der Waals surface area contributed by atoms with E-state index in [1.54, 1.807) is 6.07 Å². The Labute approximate surface area is 104 Å². The first-order valence-electron chi connectivity index (χ1n) is 6.12. The van der Waals surface area contributed by atoms with Crippen LogP contribution in [0.25, 0.3) is 0 Å². The molecule has 0 spiro atoms. The topological polar surface area (TPSA) is 41.5 Å². The standard InChI is InChI=1S/C14H23NO2/c1-5-17-13-10-11(6-7-12(13)16)8-9-15-14(2,3)4/h6-7,10,15-16H,5,8-9H2,1-4H3. The molecule has 0 fully saturated rings. The number of nitrogens with one attached hydrogen (secondary N) is 1. The van der Waals surface area contributed by atoms with E-state index in [1.165, 1.54) is 5.56 Å². The third kappa shape index (κ3) is 5.09. The zero-order valence-corrected chi connectivity index (χ0v) is 11.2. The van der Waals surface area contributed by atoms with E-state index in [-0.39, 0.29) is 11.3 Å². The SMILES string of the molecule is CCOc1cc(CCNC(C)(C)C)ccc1O. The van der Waals surface area contributed by atoms with Gasteiger partial charge >= 0.3 is 0 Å². The molecule has 17 heavy (non-hydrogen) atoms. The van der Waals surface area contributed by atoms with Crippen molar-refractivity contribution in [3.63, 3.8) is 0 Å². The number of ether oxygens (including phenoxy) is 1. The molecular formula is C14H23NO2. The minimum absolute atomic E-state index is 0.139. The summed E-state index contributed by atoms with van der Waals surface area (Å²) in [4.78, 5) is 0. The fourth-order valence-corrected chi connectivity index (χ4v) is 1.57. The molecule has 0 saturated heterocycles. The molecular weight excluding hydrogens is 214 g/mol. The number of phenolic OH excluding ortho intramolecular Hbond substituents is 1. The van der Waals surface area contributed by atoms with Gasteiger partial charge in [-0.25, -0.2) is 0 Å². The summed E-state index contributed by atoms with van der Waals surface area (Å²) in [6.45, 7) is 9.84. The van der Waals surface area contributed by atoms with Crippen LogP contribution in [0.1, 0.15) is 33.3 Å². The molecule has 0 amide bonds. The van der Waals surface area contributed by atoms with Crippen molar-refractivity contribution in [2.45, 2.75) is 39.7 Å². The van der Waals surface area contributed by atoms with Gasteiger partial charge in [-0.15, -0.1) is 0 Å². The Morgan fingerprint density at radius 1 is 1.29 bits per heavy atom. The monoisotopic (exact) mass is 237 g/mol. The van der Waals surface area contributed by atoms with Crippen molar-refractivity contribution < 1.29 is 9.84 Å². The molecule has 0 radical (unpaired) electrons. The fraction of sp³-hybridized carbons (Fsp3) is 0.571. The van der Waals surface area contributed by atoms with Gasteiger partial charge in [0.1, 0.15) is 0 Å². The van der Waals surface area contributed by atoms with Crippen molar-refractivity contribution in [2.75, 3.05) is 13.2 Å². The van der Waals surface area contributed by atoms with Gasteiger partial charge in [0.15, 0.2) is 11.5 Å². The largest absolute Gasteiger partial charge is 0.504 e. The maximum atomic E-state index is 9.58. The maximum Gasteiger partial charge on any atom is 0.161 e. The van der Waals surface area contributed by atoms with Gasteiger partial charge in [0, 0.05) is 5.54 Å². The Morgan fingerprint density at radius 3 is 2.59 bits per heavy atom. The quantitative estimate of drug-likeness (QED) is 0.827. The van der Waals surface area contributed by atoms with Crippen molar-refractivity contribution in [1.82, 2.24) is 5.32 Å². The van der Waals surface area contributed by atoms with E-state index < -0.39 is 0 Å². The Bertz CT molecular complexity index is 356. The molecule has 3 heteroatoms. The van der Waals surface area contributed by atoms with Crippen LogP contribution in [0.5, 0.6) is 11.5 Å². The number of phenols is 1. The second kappa shape index (κ2) is 5.92. The highest BCUT2D eigenvalue weighted by Gasteiger charge is 2.08. The molecule has 1 aromatic carbocycles. The van der Waals surface area contributed by atoms with Crippen LogP contribution in [0.3, 0.4) is 0 Å². The number of hydrogen-bond donors (Lipinski definition) is 2. The van der Waals surface area contributed by atoms with Crippen molar-refractivity contribution in [3.8, 4) is 11.5 Å². The Balaban J connectivity index is 2.57. The zero-order chi connectivity index (χ0) is 12.9. The van der Waals surface area contributed by atoms with E-state index in [0.717, 1.165) is 13.0 Å². The Hall–Kier alpha value is -1.22. The lowest BCUT2D eigenvalue weighted by atomic mass is 10.1. The molecule has 1 rings (SSSR count). The summed E-state index contributed by atoms with van der Waals surface area (Å²) in [7, 11) is 0. The predicted octanol–water partition coefficient (Wildman–Crippen LogP) is 2.72. The normalized spacial score (nSPS) is 11.5. The Morgan fingerprint density at radius 2 is 2.00 bits per heavy atom. The van der Waals surface area contributed by atoms with Crippen LogP contribution in [-0.4, -0.2) is 23.8 Å². The van der Waals surface area contributed by atoms with Crippen LogP contribution in [0.15, 0.2) is 18.2 Å². The van der Waals surface area contributed by atoms with E-state index in [1.807, 2.05) is 19.1 Å². The third-order valence-corrected chi connectivity index (χ3v) is 2.39. The van der Waals surface area contributed by atoms with Crippen molar-refractivity contribution in [3.05, 3.63) is 23.8 Å². The summed E-state index contributed by atoms with van der Waals surface area (Å²) >= 11 is 0. The predicted molar refractivity (Wildman–Crippen MR) is 70.7 cm³/mol. The van der Waals surface area contributed by atoms with Gasteiger partial charge in [-0.3, -0.25) is 0 Å². The van der Waals surface area contributed by atoms with Crippen molar-refractivity contribution in [1.29, 1.82) is 0 Å². The van der Waals surface area contributed by atoms with Crippen molar-refractivity contribution >= 4 is 0 Å². The summed E-state index contributed by atoms with van der Waals surface area (Å²) < 4.78 is 5.35. The average molecular weight is 237 g/mol. The van der Waals surface area contributed by atoms with Crippen molar-refractivity contribution in [2.24, 2.45) is 0 Å². The van der Waals surface area contributed by atoms with Crippen LogP contribution in [0, 0.1) is 0 Å². The van der Waals surface area contributed by atoms with Crippen LogP contribution in [0.2, 0.25) is 0 Å².